The second-order valence-corrected chi connectivity index (χ2v) is 8.85. The first kappa shape index (κ1) is 24.9. The van der Waals surface area contributed by atoms with Crippen LogP contribution in [-0.4, -0.2) is 36.1 Å². The van der Waals surface area contributed by atoms with Crippen LogP contribution >= 0.6 is 11.6 Å². The molecule has 0 aliphatic carbocycles. The zero-order valence-electron chi connectivity index (χ0n) is 19.8. The molecule has 0 bridgehead atoms. The van der Waals surface area contributed by atoms with E-state index in [0.717, 1.165) is 44.3 Å². The van der Waals surface area contributed by atoms with Crippen molar-refractivity contribution >= 4 is 45.6 Å². The van der Waals surface area contributed by atoms with E-state index < -0.39 is 5.82 Å². The molecule has 1 atom stereocenters. The van der Waals surface area contributed by atoms with Crippen LogP contribution in [0.5, 0.6) is 5.75 Å². The fourth-order valence-electron chi connectivity index (χ4n) is 4.35. The molecular weight excluding hydrogens is 469 g/mol. The molecule has 3 aromatic rings. The largest absolute Gasteiger partial charge is 0.494 e. The third-order valence-corrected chi connectivity index (χ3v) is 6.38. The second-order valence-electron chi connectivity index (χ2n) is 8.45. The number of amides is 1. The van der Waals surface area contributed by atoms with E-state index in [1.807, 2.05) is 13.0 Å². The van der Waals surface area contributed by atoms with Gasteiger partial charge in [-0.25, -0.2) is 14.4 Å². The van der Waals surface area contributed by atoms with Crippen LogP contribution < -0.4 is 20.7 Å². The Morgan fingerprint density at radius 3 is 2.89 bits per heavy atom. The quantitative estimate of drug-likeness (QED) is 0.355. The van der Waals surface area contributed by atoms with E-state index >= 15 is 0 Å². The van der Waals surface area contributed by atoms with Crippen molar-refractivity contribution in [3.05, 3.63) is 59.1 Å². The molecular formula is C26H29ClFN5O2. The number of hydrogen-bond donors (Lipinski definition) is 3. The zero-order valence-corrected chi connectivity index (χ0v) is 20.6. The summed E-state index contributed by atoms with van der Waals surface area (Å²) in [6, 6.07) is 7.89. The number of rotatable bonds is 7. The van der Waals surface area contributed by atoms with Gasteiger partial charge in [-0.3, -0.25) is 4.79 Å². The predicted octanol–water partition coefficient (Wildman–Crippen LogP) is 5.84. The standard InChI is InChI=1S/C26H29ClFN5O2/c1-3-5-18(16-6-4-10-29-11-9-16)26(34)33-23-13-19-22(14-24(23)35-2)30-15-31-25(19)32-17-7-8-21(28)20(27)12-17/h5,7-8,12-16,29H,3-4,6,9-11H2,1-2H3,(H,33,34)(H,30,31,32). The number of fused-ring (bicyclic) bond motifs is 1. The molecule has 2 heterocycles. The number of halogens is 2. The van der Waals surface area contributed by atoms with E-state index in [-0.39, 0.29) is 16.8 Å². The van der Waals surface area contributed by atoms with E-state index in [0.29, 0.717) is 33.8 Å². The summed E-state index contributed by atoms with van der Waals surface area (Å²) in [6.45, 7) is 3.92. The molecule has 1 aliphatic rings. The molecule has 0 saturated carbocycles. The minimum absolute atomic E-state index is 0.00642. The molecule has 2 aromatic carbocycles. The van der Waals surface area contributed by atoms with E-state index in [2.05, 4.69) is 25.9 Å². The number of carbonyl (C=O) groups excluding carboxylic acids is 1. The Kier molecular flexibility index (Phi) is 8.15. The Balaban J connectivity index is 1.67. The molecule has 1 saturated heterocycles. The van der Waals surface area contributed by atoms with E-state index in [9.17, 15) is 9.18 Å². The number of hydrogen-bond acceptors (Lipinski definition) is 6. The first-order chi connectivity index (χ1) is 17.0. The molecule has 0 spiro atoms. The summed E-state index contributed by atoms with van der Waals surface area (Å²) in [4.78, 5) is 22.1. The fraction of sp³-hybridized carbons (Fsp3) is 0.346. The minimum Gasteiger partial charge on any atom is -0.494 e. The number of ether oxygens (including phenoxy) is 1. The van der Waals surface area contributed by atoms with Gasteiger partial charge in [-0.2, -0.15) is 0 Å². The monoisotopic (exact) mass is 497 g/mol. The minimum atomic E-state index is -0.500. The Labute approximate surface area is 209 Å². The molecule has 1 amide bonds. The average Bonchev–Trinajstić information content (AvgIpc) is 3.14. The maximum absolute atomic E-state index is 13.6. The smallest absolute Gasteiger partial charge is 0.251 e. The van der Waals surface area contributed by atoms with Gasteiger partial charge in [0, 0.05) is 22.7 Å². The van der Waals surface area contributed by atoms with Crippen LogP contribution in [0, 0.1) is 11.7 Å². The summed E-state index contributed by atoms with van der Waals surface area (Å²) in [5.41, 5.74) is 2.54. The molecule has 7 nitrogen and oxygen atoms in total. The van der Waals surface area contributed by atoms with Crippen molar-refractivity contribution in [1.82, 2.24) is 15.3 Å². The number of methoxy groups -OCH3 is 1. The van der Waals surface area contributed by atoms with Gasteiger partial charge in [0.05, 0.1) is 23.3 Å². The van der Waals surface area contributed by atoms with Crippen molar-refractivity contribution in [2.24, 2.45) is 5.92 Å². The molecule has 1 aromatic heterocycles. The number of nitrogens with one attached hydrogen (secondary N) is 3. The molecule has 1 fully saturated rings. The number of anilines is 3. The Bertz CT molecular complexity index is 1240. The number of benzene rings is 2. The van der Waals surface area contributed by atoms with Crippen LogP contribution in [0.15, 0.2) is 48.3 Å². The van der Waals surface area contributed by atoms with Gasteiger partial charge in [-0.15, -0.1) is 0 Å². The third kappa shape index (κ3) is 5.89. The highest BCUT2D eigenvalue weighted by Crippen LogP contribution is 2.34. The van der Waals surface area contributed by atoms with E-state index in [4.69, 9.17) is 16.3 Å². The highest BCUT2D eigenvalue weighted by atomic mass is 35.5. The van der Waals surface area contributed by atoms with Crippen LogP contribution in [0.3, 0.4) is 0 Å². The summed E-state index contributed by atoms with van der Waals surface area (Å²) in [5.74, 6) is 0.571. The summed E-state index contributed by atoms with van der Waals surface area (Å²) in [5, 5.41) is 10.3. The van der Waals surface area contributed by atoms with Crippen LogP contribution in [0.4, 0.5) is 21.6 Å². The summed E-state index contributed by atoms with van der Waals surface area (Å²) in [6.07, 6.45) is 7.17. The van der Waals surface area contributed by atoms with Crippen LogP contribution in [0.25, 0.3) is 10.9 Å². The lowest BCUT2D eigenvalue weighted by molar-refractivity contribution is -0.113. The van der Waals surface area contributed by atoms with Gasteiger partial charge in [0.1, 0.15) is 23.7 Å². The van der Waals surface area contributed by atoms with Gasteiger partial charge in [0.25, 0.3) is 5.91 Å². The average molecular weight is 498 g/mol. The Morgan fingerprint density at radius 2 is 2.11 bits per heavy atom. The van der Waals surface area contributed by atoms with Gasteiger partial charge in [0.15, 0.2) is 0 Å². The third-order valence-electron chi connectivity index (χ3n) is 6.09. The van der Waals surface area contributed by atoms with Crippen LogP contribution in [0.2, 0.25) is 5.02 Å². The van der Waals surface area contributed by atoms with Crippen molar-refractivity contribution in [2.45, 2.75) is 32.6 Å². The maximum atomic E-state index is 13.6. The first-order valence-electron chi connectivity index (χ1n) is 11.8. The van der Waals surface area contributed by atoms with Gasteiger partial charge in [-0.1, -0.05) is 24.6 Å². The number of aromatic nitrogens is 2. The summed E-state index contributed by atoms with van der Waals surface area (Å²) in [7, 11) is 1.55. The molecule has 0 radical (unpaired) electrons. The van der Waals surface area contributed by atoms with Crippen molar-refractivity contribution < 1.29 is 13.9 Å². The molecule has 4 rings (SSSR count). The van der Waals surface area contributed by atoms with Gasteiger partial charge in [-0.05, 0) is 69.0 Å². The van der Waals surface area contributed by atoms with Crippen molar-refractivity contribution in [3.8, 4) is 5.75 Å². The normalized spacial score (nSPS) is 16.6. The summed E-state index contributed by atoms with van der Waals surface area (Å²) < 4.78 is 19.1. The van der Waals surface area contributed by atoms with E-state index in [1.54, 1.807) is 25.3 Å². The lowest BCUT2D eigenvalue weighted by atomic mass is 9.90. The van der Waals surface area contributed by atoms with E-state index in [1.165, 1.54) is 18.5 Å². The lowest BCUT2D eigenvalue weighted by Crippen LogP contribution is -2.22. The van der Waals surface area contributed by atoms with Gasteiger partial charge in [0.2, 0.25) is 0 Å². The number of allylic oxidation sites excluding steroid dienone is 1. The second kappa shape index (κ2) is 11.5. The van der Waals surface area contributed by atoms with Crippen molar-refractivity contribution in [3.63, 3.8) is 0 Å². The Hall–Kier alpha value is -3.23. The van der Waals surface area contributed by atoms with Gasteiger partial charge >= 0.3 is 0 Å². The maximum Gasteiger partial charge on any atom is 0.251 e. The number of carbonyl (C=O) groups is 1. The predicted molar refractivity (Wildman–Crippen MR) is 138 cm³/mol. The van der Waals surface area contributed by atoms with Crippen LogP contribution in [-0.2, 0) is 4.79 Å². The highest BCUT2D eigenvalue weighted by molar-refractivity contribution is 6.31. The highest BCUT2D eigenvalue weighted by Gasteiger charge is 2.23. The molecule has 35 heavy (non-hydrogen) atoms. The molecule has 1 aliphatic heterocycles. The summed E-state index contributed by atoms with van der Waals surface area (Å²) >= 11 is 5.93. The first-order valence-corrected chi connectivity index (χ1v) is 12.1. The van der Waals surface area contributed by atoms with Crippen molar-refractivity contribution in [1.29, 1.82) is 0 Å². The zero-order chi connectivity index (χ0) is 24.8. The lowest BCUT2D eigenvalue weighted by Gasteiger charge is -2.19. The molecule has 1 unspecified atom stereocenters. The Morgan fingerprint density at radius 1 is 1.26 bits per heavy atom. The molecule has 9 heteroatoms. The molecule has 3 N–H and O–H groups in total. The van der Waals surface area contributed by atoms with Gasteiger partial charge < -0.3 is 20.7 Å². The van der Waals surface area contributed by atoms with Crippen LogP contribution in [0.1, 0.15) is 32.6 Å². The fourth-order valence-corrected chi connectivity index (χ4v) is 4.53. The SMILES string of the molecule is CCC=C(C(=O)Nc1cc2c(Nc3ccc(F)c(Cl)c3)ncnc2cc1OC)C1CCCNCC1. The number of nitrogens with zero attached hydrogens (tertiary/aromatic N) is 2. The van der Waals surface area contributed by atoms with Crippen molar-refractivity contribution in [2.75, 3.05) is 30.8 Å². The molecule has 184 valence electrons. The topological polar surface area (TPSA) is 88.2 Å².